The van der Waals surface area contributed by atoms with Crippen LogP contribution in [0.3, 0.4) is 0 Å². The zero-order valence-electron chi connectivity index (χ0n) is 10.1. The molecule has 0 aliphatic rings. The summed E-state index contributed by atoms with van der Waals surface area (Å²) in [6.07, 6.45) is 1.74. The molecule has 3 rings (SSSR count). The van der Waals surface area contributed by atoms with Gasteiger partial charge in [-0.1, -0.05) is 18.2 Å². The molecule has 0 radical (unpaired) electrons. The molecule has 2 N–H and O–H groups in total. The molecule has 2 aromatic heterocycles. The van der Waals surface area contributed by atoms with Crippen LogP contribution in [0.25, 0.3) is 21.9 Å². The standard InChI is InChI=1S/C13H14N4O/c1-2-18-8-17-7-15-11-12(17)9-5-3-4-6-10(9)16-13(11)14/h3-7H,2,8H2,1H3,(H2,14,16). The highest BCUT2D eigenvalue weighted by molar-refractivity contribution is 6.06. The number of hydrogen-bond acceptors (Lipinski definition) is 4. The Morgan fingerprint density at radius 2 is 2.17 bits per heavy atom. The number of hydrogen-bond donors (Lipinski definition) is 1. The predicted molar refractivity (Wildman–Crippen MR) is 71.1 cm³/mol. The lowest BCUT2D eigenvalue weighted by Gasteiger charge is -2.07. The summed E-state index contributed by atoms with van der Waals surface area (Å²) in [5.41, 5.74) is 8.52. The fraction of sp³-hybridized carbons (Fsp3) is 0.231. The maximum Gasteiger partial charge on any atom is 0.152 e. The second kappa shape index (κ2) is 4.27. The summed E-state index contributed by atoms with van der Waals surface area (Å²) in [7, 11) is 0. The molecule has 0 aliphatic carbocycles. The number of fused-ring (bicyclic) bond motifs is 3. The van der Waals surface area contributed by atoms with Crippen LogP contribution in [0.4, 0.5) is 5.82 Å². The Kier molecular flexibility index (Phi) is 2.60. The van der Waals surface area contributed by atoms with Gasteiger partial charge in [0.2, 0.25) is 0 Å². The van der Waals surface area contributed by atoms with Gasteiger partial charge >= 0.3 is 0 Å². The minimum Gasteiger partial charge on any atom is -0.382 e. The molecule has 0 saturated carbocycles. The number of nitrogens with two attached hydrogens (primary N) is 1. The number of aromatic nitrogens is 3. The molecule has 0 bridgehead atoms. The van der Waals surface area contributed by atoms with E-state index in [1.807, 2.05) is 35.8 Å². The van der Waals surface area contributed by atoms with Crippen LogP contribution in [-0.4, -0.2) is 21.1 Å². The van der Waals surface area contributed by atoms with Gasteiger partial charge in [-0.25, -0.2) is 9.97 Å². The summed E-state index contributed by atoms with van der Waals surface area (Å²) >= 11 is 0. The van der Waals surface area contributed by atoms with Gasteiger partial charge in [0.25, 0.3) is 0 Å². The van der Waals surface area contributed by atoms with E-state index in [2.05, 4.69) is 9.97 Å². The number of imidazole rings is 1. The molecule has 2 heterocycles. The van der Waals surface area contributed by atoms with Crippen molar-refractivity contribution in [1.82, 2.24) is 14.5 Å². The van der Waals surface area contributed by atoms with Crippen LogP contribution in [0, 0.1) is 0 Å². The smallest absolute Gasteiger partial charge is 0.152 e. The first-order valence-electron chi connectivity index (χ1n) is 5.88. The predicted octanol–water partition coefficient (Wildman–Crippen LogP) is 2.16. The van der Waals surface area contributed by atoms with Crippen molar-refractivity contribution in [2.45, 2.75) is 13.7 Å². The number of benzene rings is 1. The summed E-state index contributed by atoms with van der Waals surface area (Å²) in [5, 5.41) is 1.04. The van der Waals surface area contributed by atoms with Crippen LogP contribution >= 0.6 is 0 Å². The van der Waals surface area contributed by atoms with E-state index in [1.54, 1.807) is 6.33 Å². The number of para-hydroxylation sites is 1. The molecule has 92 valence electrons. The van der Waals surface area contributed by atoms with Crippen LogP contribution < -0.4 is 5.73 Å². The van der Waals surface area contributed by atoms with Gasteiger partial charge in [-0.3, -0.25) is 0 Å². The number of pyridine rings is 1. The van der Waals surface area contributed by atoms with Gasteiger partial charge in [0.15, 0.2) is 5.82 Å². The van der Waals surface area contributed by atoms with Crippen LogP contribution in [-0.2, 0) is 11.5 Å². The monoisotopic (exact) mass is 242 g/mol. The largest absolute Gasteiger partial charge is 0.382 e. The lowest BCUT2D eigenvalue weighted by molar-refractivity contribution is 0.0906. The second-order valence-corrected chi connectivity index (χ2v) is 4.05. The fourth-order valence-corrected chi connectivity index (χ4v) is 2.09. The van der Waals surface area contributed by atoms with Crippen molar-refractivity contribution in [2.24, 2.45) is 0 Å². The van der Waals surface area contributed by atoms with Crippen LogP contribution in [0.1, 0.15) is 6.92 Å². The third kappa shape index (κ3) is 1.60. The zero-order chi connectivity index (χ0) is 12.5. The molecule has 0 unspecified atom stereocenters. The van der Waals surface area contributed by atoms with Crippen LogP contribution in [0.2, 0.25) is 0 Å². The molecule has 0 saturated heterocycles. The molecule has 1 aromatic carbocycles. The maximum absolute atomic E-state index is 5.94. The van der Waals surface area contributed by atoms with E-state index in [0.717, 1.165) is 21.9 Å². The summed E-state index contributed by atoms with van der Waals surface area (Å²) < 4.78 is 7.39. The number of nitrogens with zero attached hydrogens (tertiary/aromatic N) is 3. The Morgan fingerprint density at radius 3 is 3.00 bits per heavy atom. The minimum absolute atomic E-state index is 0.457. The van der Waals surface area contributed by atoms with Gasteiger partial charge in [-0.05, 0) is 13.0 Å². The van der Waals surface area contributed by atoms with E-state index >= 15 is 0 Å². The first kappa shape index (κ1) is 11.0. The number of rotatable bonds is 3. The molecule has 0 aliphatic heterocycles. The van der Waals surface area contributed by atoms with Gasteiger partial charge in [0.05, 0.1) is 17.4 Å². The Balaban J connectivity index is 2.33. The number of ether oxygens (including phenoxy) is 1. The molecule has 0 amide bonds. The number of nitrogen functional groups attached to an aromatic ring is 1. The lowest BCUT2D eigenvalue weighted by Crippen LogP contribution is -2.01. The third-order valence-electron chi connectivity index (χ3n) is 2.91. The highest BCUT2D eigenvalue weighted by Crippen LogP contribution is 2.26. The normalized spacial score (nSPS) is 11.4. The SMILES string of the molecule is CCOCn1cnc2c(N)nc3ccccc3c21. The average Bonchev–Trinajstić information content (AvgIpc) is 2.81. The molecular formula is C13H14N4O. The fourth-order valence-electron chi connectivity index (χ4n) is 2.09. The van der Waals surface area contributed by atoms with Crippen molar-refractivity contribution < 1.29 is 4.74 Å². The second-order valence-electron chi connectivity index (χ2n) is 4.05. The zero-order valence-corrected chi connectivity index (χ0v) is 10.1. The number of anilines is 1. The molecule has 18 heavy (non-hydrogen) atoms. The Morgan fingerprint density at radius 1 is 1.33 bits per heavy atom. The van der Waals surface area contributed by atoms with Gasteiger partial charge < -0.3 is 15.0 Å². The van der Waals surface area contributed by atoms with Crippen LogP contribution in [0.5, 0.6) is 0 Å². The van der Waals surface area contributed by atoms with Gasteiger partial charge in [0, 0.05) is 12.0 Å². The van der Waals surface area contributed by atoms with Crippen LogP contribution in [0.15, 0.2) is 30.6 Å². The van der Waals surface area contributed by atoms with Crippen molar-refractivity contribution in [3.63, 3.8) is 0 Å². The topological polar surface area (TPSA) is 66.0 Å². The van der Waals surface area contributed by atoms with Gasteiger partial charge in [-0.15, -0.1) is 0 Å². The minimum atomic E-state index is 0.457. The Bertz CT molecular complexity index is 705. The maximum atomic E-state index is 5.94. The molecule has 5 heteroatoms. The Labute approximate surface area is 104 Å². The highest BCUT2D eigenvalue weighted by Gasteiger charge is 2.11. The van der Waals surface area contributed by atoms with Crippen molar-refractivity contribution >= 4 is 27.8 Å². The Hall–Kier alpha value is -2.14. The quantitative estimate of drug-likeness (QED) is 0.764. The molecule has 0 spiro atoms. The van der Waals surface area contributed by atoms with Crippen molar-refractivity contribution in [2.75, 3.05) is 12.3 Å². The lowest BCUT2D eigenvalue weighted by atomic mass is 10.2. The first-order chi connectivity index (χ1) is 8.81. The molecule has 3 aromatic rings. The van der Waals surface area contributed by atoms with Gasteiger partial charge in [0.1, 0.15) is 12.2 Å². The van der Waals surface area contributed by atoms with E-state index in [9.17, 15) is 0 Å². The van der Waals surface area contributed by atoms with Gasteiger partial charge in [-0.2, -0.15) is 0 Å². The summed E-state index contributed by atoms with van der Waals surface area (Å²) in [6, 6.07) is 7.90. The van der Waals surface area contributed by atoms with E-state index in [0.29, 0.717) is 19.2 Å². The van der Waals surface area contributed by atoms with Crippen molar-refractivity contribution in [1.29, 1.82) is 0 Å². The highest BCUT2D eigenvalue weighted by atomic mass is 16.5. The third-order valence-corrected chi connectivity index (χ3v) is 2.91. The van der Waals surface area contributed by atoms with E-state index in [1.165, 1.54) is 0 Å². The summed E-state index contributed by atoms with van der Waals surface area (Å²) in [5.74, 6) is 0.457. The summed E-state index contributed by atoms with van der Waals surface area (Å²) in [6.45, 7) is 3.10. The molecule has 5 nitrogen and oxygen atoms in total. The van der Waals surface area contributed by atoms with E-state index in [-0.39, 0.29) is 0 Å². The van der Waals surface area contributed by atoms with E-state index in [4.69, 9.17) is 10.5 Å². The molecule has 0 atom stereocenters. The van der Waals surface area contributed by atoms with E-state index < -0.39 is 0 Å². The van der Waals surface area contributed by atoms with Crippen molar-refractivity contribution in [3.05, 3.63) is 30.6 Å². The van der Waals surface area contributed by atoms with Crippen molar-refractivity contribution in [3.8, 4) is 0 Å². The molecular weight excluding hydrogens is 228 g/mol. The first-order valence-corrected chi connectivity index (χ1v) is 5.88. The molecule has 0 fully saturated rings. The summed E-state index contributed by atoms with van der Waals surface area (Å²) in [4.78, 5) is 8.68. The average molecular weight is 242 g/mol.